The summed E-state index contributed by atoms with van der Waals surface area (Å²) in [6, 6.07) is 3.44. The molecule has 0 aliphatic heterocycles. The SMILES string of the molecule is OC(CC1CCCCC1)c1ccc(Cl)o1. The number of hydrogen-bond donors (Lipinski definition) is 1. The molecule has 0 bridgehead atoms. The third kappa shape index (κ3) is 2.99. The molecule has 1 aromatic heterocycles. The highest BCUT2D eigenvalue weighted by Gasteiger charge is 2.20. The normalized spacial score (nSPS) is 20.4. The number of halogens is 1. The molecule has 1 aliphatic rings. The highest BCUT2D eigenvalue weighted by atomic mass is 35.5. The van der Waals surface area contributed by atoms with E-state index in [1.807, 2.05) is 0 Å². The molecule has 0 amide bonds. The van der Waals surface area contributed by atoms with Crippen LogP contribution in [0.1, 0.15) is 50.4 Å². The minimum absolute atomic E-state index is 0.354. The molecule has 0 aromatic carbocycles. The van der Waals surface area contributed by atoms with Gasteiger partial charge in [0.15, 0.2) is 5.22 Å². The van der Waals surface area contributed by atoms with Gasteiger partial charge in [-0.3, -0.25) is 0 Å². The van der Waals surface area contributed by atoms with E-state index in [-0.39, 0.29) is 0 Å². The summed E-state index contributed by atoms with van der Waals surface area (Å²) < 4.78 is 5.20. The van der Waals surface area contributed by atoms with E-state index in [1.54, 1.807) is 12.1 Å². The van der Waals surface area contributed by atoms with Gasteiger partial charge in [-0.2, -0.15) is 0 Å². The van der Waals surface area contributed by atoms with Gasteiger partial charge in [0, 0.05) is 0 Å². The second-order valence-electron chi connectivity index (χ2n) is 4.40. The molecule has 84 valence electrons. The first kappa shape index (κ1) is 11.0. The number of furan rings is 1. The fraction of sp³-hybridized carbons (Fsp3) is 0.667. The van der Waals surface area contributed by atoms with Crippen LogP contribution in [0.25, 0.3) is 0 Å². The van der Waals surface area contributed by atoms with E-state index in [2.05, 4.69) is 0 Å². The van der Waals surface area contributed by atoms with E-state index in [0.717, 1.165) is 6.42 Å². The standard InChI is InChI=1S/C12H17ClO2/c13-12-7-6-11(15-12)10(14)8-9-4-2-1-3-5-9/h6-7,9-10,14H,1-5,8H2. The lowest BCUT2D eigenvalue weighted by atomic mass is 9.85. The Morgan fingerprint density at radius 3 is 2.67 bits per heavy atom. The Labute approximate surface area is 95.2 Å². The minimum atomic E-state index is -0.486. The Hall–Kier alpha value is -0.470. The van der Waals surface area contributed by atoms with E-state index < -0.39 is 6.10 Å². The zero-order valence-corrected chi connectivity index (χ0v) is 9.54. The van der Waals surface area contributed by atoms with Crippen LogP contribution in [-0.4, -0.2) is 5.11 Å². The third-order valence-electron chi connectivity index (χ3n) is 3.20. The van der Waals surface area contributed by atoms with Crippen molar-refractivity contribution >= 4 is 11.6 Å². The van der Waals surface area contributed by atoms with Crippen molar-refractivity contribution in [3.8, 4) is 0 Å². The third-order valence-corrected chi connectivity index (χ3v) is 3.41. The summed E-state index contributed by atoms with van der Waals surface area (Å²) in [7, 11) is 0. The number of hydrogen-bond acceptors (Lipinski definition) is 2. The van der Waals surface area contributed by atoms with Crippen LogP contribution in [0.15, 0.2) is 16.5 Å². The quantitative estimate of drug-likeness (QED) is 0.850. The lowest BCUT2D eigenvalue weighted by molar-refractivity contribution is 0.109. The van der Waals surface area contributed by atoms with Gasteiger partial charge in [-0.1, -0.05) is 32.1 Å². The first-order valence-electron chi connectivity index (χ1n) is 5.69. The van der Waals surface area contributed by atoms with Crippen LogP contribution in [0, 0.1) is 5.92 Å². The van der Waals surface area contributed by atoms with Gasteiger partial charge in [0.2, 0.25) is 0 Å². The summed E-state index contributed by atoms with van der Waals surface area (Å²) in [6.07, 6.45) is 6.76. The van der Waals surface area contributed by atoms with Gasteiger partial charge in [-0.15, -0.1) is 0 Å². The number of rotatable bonds is 3. The molecule has 1 aromatic rings. The van der Waals surface area contributed by atoms with Crippen LogP contribution in [0.4, 0.5) is 0 Å². The van der Waals surface area contributed by atoms with Gasteiger partial charge in [0.25, 0.3) is 0 Å². The lowest BCUT2D eigenvalue weighted by Crippen LogP contribution is -2.10. The monoisotopic (exact) mass is 228 g/mol. The van der Waals surface area contributed by atoms with E-state index in [0.29, 0.717) is 16.9 Å². The largest absolute Gasteiger partial charge is 0.447 e. The van der Waals surface area contributed by atoms with Crippen molar-refractivity contribution in [3.05, 3.63) is 23.1 Å². The summed E-state index contributed by atoms with van der Waals surface area (Å²) in [5.74, 6) is 1.25. The van der Waals surface area contributed by atoms with Crippen LogP contribution in [0.2, 0.25) is 5.22 Å². The van der Waals surface area contributed by atoms with Crippen LogP contribution in [0.5, 0.6) is 0 Å². The van der Waals surface area contributed by atoms with Crippen molar-refractivity contribution < 1.29 is 9.52 Å². The highest BCUT2D eigenvalue weighted by molar-refractivity contribution is 6.28. The van der Waals surface area contributed by atoms with Crippen LogP contribution < -0.4 is 0 Å². The fourth-order valence-corrected chi connectivity index (χ4v) is 2.51. The van der Waals surface area contributed by atoms with Crippen LogP contribution >= 0.6 is 11.6 Å². The summed E-state index contributed by atoms with van der Waals surface area (Å²) in [4.78, 5) is 0. The Kier molecular flexibility index (Phi) is 3.71. The van der Waals surface area contributed by atoms with Gasteiger partial charge in [0.1, 0.15) is 11.9 Å². The molecule has 1 aliphatic carbocycles. The number of aliphatic hydroxyl groups is 1. The van der Waals surface area contributed by atoms with Gasteiger partial charge in [-0.05, 0) is 36.1 Å². The molecule has 2 nitrogen and oxygen atoms in total. The summed E-state index contributed by atoms with van der Waals surface area (Å²) in [6.45, 7) is 0. The lowest BCUT2D eigenvalue weighted by Gasteiger charge is -2.23. The fourth-order valence-electron chi connectivity index (χ4n) is 2.36. The molecular weight excluding hydrogens is 212 g/mol. The van der Waals surface area contributed by atoms with Crippen molar-refractivity contribution in [1.82, 2.24) is 0 Å². The predicted molar refractivity (Wildman–Crippen MR) is 59.9 cm³/mol. The summed E-state index contributed by atoms with van der Waals surface area (Å²) in [5, 5.41) is 10.3. The second-order valence-corrected chi connectivity index (χ2v) is 4.77. The maximum atomic E-state index is 9.93. The van der Waals surface area contributed by atoms with Crippen molar-refractivity contribution in [3.63, 3.8) is 0 Å². The Bertz CT molecular complexity index is 302. The van der Waals surface area contributed by atoms with Crippen LogP contribution in [0.3, 0.4) is 0 Å². The van der Waals surface area contributed by atoms with Gasteiger partial charge in [0.05, 0.1) is 0 Å². The Morgan fingerprint density at radius 1 is 1.33 bits per heavy atom. The first-order chi connectivity index (χ1) is 7.25. The predicted octanol–water partition coefficient (Wildman–Crippen LogP) is 3.94. The first-order valence-corrected chi connectivity index (χ1v) is 6.07. The van der Waals surface area contributed by atoms with E-state index in [1.165, 1.54) is 32.1 Å². The Morgan fingerprint density at radius 2 is 2.07 bits per heavy atom. The zero-order valence-electron chi connectivity index (χ0n) is 8.79. The smallest absolute Gasteiger partial charge is 0.193 e. The summed E-state index contributed by atoms with van der Waals surface area (Å²) in [5.41, 5.74) is 0. The minimum Gasteiger partial charge on any atom is -0.447 e. The molecule has 1 saturated carbocycles. The zero-order chi connectivity index (χ0) is 10.7. The van der Waals surface area contributed by atoms with E-state index in [4.69, 9.17) is 16.0 Å². The highest BCUT2D eigenvalue weighted by Crippen LogP contribution is 2.32. The molecular formula is C12H17ClO2. The van der Waals surface area contributed by atoms with Crippen molar-refractivity contribution in [1.29, 1.82) is 0 Å². The van der Waals surface area contributed by atoms with Crippen molar-refractivity contribution in [2.45, 2.75) is 44.6 Å². The molecule has 1 heterocycles. The topological polar surface area (TPSA) is 33.4 Å². The molecule has 15 heavy (non-hydrogen) atoms. The summed E-state index contributed by atoms with van der Waals surface area (Å²) >= 11 is 5.67. The molecule has 3 heteroatoms. The molecule has 1 unspecified atom stereocenters. The number of aliphatic hydroxyl groups excluding tert-OH is 1. The molecule has 0 spiro atoms. The molecule has 1 atom stereocenters. The van der Waals surface area contributed by atoms with Crippen molar-refractivity contribution in [2.75, 3.05) is 0 Å². The van der Waals surface area contributed by atoms with Crippen molar-refractivity contribution in [2.24, 2.45) is 5.92 Å². The molecule has 2 rings (SSSR count). The maximum Gasteiger partial charge on any atom is 0.193 e. The molecule has 1 fully saturated rings. The molecule has 0 saturated heterocycles. The van der Waals surface area contributed by atoms with Crippen LogP contribution in [-0.2, 0) is 0 Å². The molecule has 0 radical (unpaired) electrons. The Balaban J connectivity index is 1.88. The van der Waals surface area contributed by atoms with E-state index >= 15 is 0 Å². The van der Waals surface area contributed by atoms with E-state index in [9.17, 15) is 5.11 Å². The average Bonchev–Trinajstić information content (AvgIpc) is 2.66. The van der Waals surface area contributed by atoms with Gasteiger partial charge >= 0.3 is 0 Å². The maximum absolute atomic E-state index is 9.93. The van der Waals surface area contributed by atoms with Gasteiger partial charge < -0.3 is 9.52 Å². The molecule has 1 N–H and O–H groups in total. The van der Waals surface area contributed by atoms with Gasteiger partial charge in [-0.25, -0.2) is 0 Å². The second kappa shape index (κ2) is 5.04. The average molecular weight is 229 g/mol.